The lowest BCUT2D eigenvalue weighted by Gasteiger charge is -2.29. The summed E-state index contributed by atoms with van der Waals surface area (Å²) >= 11 is 0. The Hall–Kier alpha value is -1.63. The maximum Gasteiger partial charge on any atom is 0.256 e. The topological polar surface area (TPSA) is 78.8 Å². The Bertz CT molecular complexity index is 615. The largest absolute Gasteiger partial charge is 0.347 e. The predicted molar refractivity (Wildman–Crippen MR) is 77.7 cm³/mol. The van der Waals surface area contributed by atoms with E-state index in [1.807, 2.05) is 20.8 Å². The number of nitrogens with zero attached hydrogens (tertiary/aromatic N) is 2. The summed E-state index contributed by atoms with van der Waals surface area (Å²) in [4.78, 5) is 13.8. The monoisotopic (exact) mass is 297 g/mol. The van der Waals surface area contributed by atoms with Crippen LogP contribution in [0.25, 0.3) is 0 Å². The first-order valence-electron chi connectivity index (χ1n) is 6.54. The van der Waals surface area contributed by atoms with Crippen molar-refractivity contribution < 1.29 is 13.2 Å². The highest BCUT2D eigenvalue weighted by molar-refractivity contribution is 7.90. The van der Waals surface area contributed by atoms with Crippen LogP contribution in [0.5, 0.6) is 0 Å². The van der Waals surface area contributed by atoms with Gasteiger partial charge in [0.15, 0.2) is 0 Å². The zero-order chi connectivity index (χ0) is 15.0. The molecule has 0 aromatic rings. The van der Waals surface area contributed by atoms with Gasteiger partial charge in [0.25, 0.3) is 15.9 Å². The molecule has 20 heavy (non-hydrogen) atoms. The summed E-state index contributed by atoms with van der Waals surface area (Å²) in [6.45, 7) is 6.24. The number of carbonyl (C=O) groups is 1. The summed E-state index contributed by atoms with van der Waals surface area (Å²) < 4.78 is 26.5. The summed E-state index contributed by atoms with van der Waals surface area (Å²) in [6, 6.07) is 0. The highest BCUT2D eigenvalue weighted by Gasteiger charge is 2.26. The quantitative estimate of drug-likeness (QED) is 0.835. The van der Waals surface area contributed by atoms with Gasteiger partial charge in [0, 0.05) is 18.3 Å². The molecule has 6 nitrogen and oxygen atoms in total. The van der Waals surface area contributed by atoms with Gasteiger partial charge in [0.05, 0.1) is 11.3 Å². The highest BCUT2D eigenvalue weighted by Crippen LogP contribution is 2.17. The normalized spacial score (nSPS) is 20.9. The molecule has 0 aromatic carbocycles. The van der Waals surface area contributed by atoms with Crippen molar-refractivity contribution in [1.82, 2.24) is 10.2 Å². The molecule has 0 bridgehead atoms. The second-order valence-electron chi connectivity index (χ2n) is 5.54. The number of nitrogens with one attached hydrogen (secondary N) is 1. The van der Waals surface area contributed by atoms with Crippen molar-refractivity contribution >= 4 is 21.8 Å². The Morgan fingerprint density at radius 2 is 2.15 bits per heavy atom. The zero-order valence-electron chi connectivity index (χ0n) is 11.9. The van der Waals surface area contributed by atoms with E-state index in [-0.39, 0.29) is 17.2 Å². The molecule has 2 rings (SSSR count). The van der Waals surface area contributed by atoms with Crippen molar-refractivity contribution in [2.75, 3.05) is 12.3 Å². The van der Waals surface area contributed by atoms with Crippen LogP contribution in [0, 0.1) is 0 Å². The molecule has 0 aliphatic carbocycles. The lowest BCUT2D eigenvalue weighted by molar-refractivity contribution is -0.118. The molecule has 0 saturated heterocycles. The molecular weight excluding hydrogens is 278 g/mol. The first kappa shape index (κ1) is 14.8. The van der Waals surface area contributed by atoms with Gasteiger partial charge < -0.3 is 10.2 Å². The third kappa shape index (κ3) is 3.27. The molecule has 1 N–H and O–H groups in total. The molecule has 2 heterocycles. The van der Waals surface area contributed by atoms with Gasteiger partial charge in [-0.05, 0) is 32.4 Å². The van der Waals surface area contributed by atoms with Crippen molar-refractivity contribution in [1.29, 1.82) is 0 Å². The zero-order valence-corrected chi connectivity index (χ0v) is 12.7. The van der Waals surface area contributed by atoms with Crippen molar-refractivity contribution in [3.8, 4) is 0 Å². The van der Waals surface area contributed by atoms with E-state index in [2.05, 4.69) is 9.71 Å². The first-order chi connectivity index (χ1) is 9.22. The smallest absolute Gasteiger partial charge is 0.256 e. The molecule has 0 aromatic heterocycles. The number of fused-ring (bicyclic) bond motifs is 1. The SMILES string of the molecule is CCC(C)(C)NC(=O)C1=CN2CCS(=O)(=O)N=C2C=C1. The summed E-state index contributed by atoms with van der Waals surface area (Å²) in [6.07, 6.45) is 5.63. The standard InChI is InChI=1S/C13H19N3O3S/c1-4-13(2,3)14-12(17)10-5-6-11-15-20(18,19)8-7-16(11)9-10/h5-6,9H,4,7-8H2,1-3H3,(H,14,17). The average molecular weight is 297 g/mol. The Kier molecular flexibility index (Phi) is 3.73. The van der Waals surface area contributed by atoms with Crippen LogP contribution >= 0.6 is 0 Å². The van der Waals surface area contributed by atoms with E-state index in [9.17, 15) is 13.2 Å². The highest BCUT2D eigenvalue weighted by atomic mass is 32.2. The lowest BCUT2D eigenvalue weighted by Crippen LogP contribution is -2.44. The Balaban J connectivity index is 2.17. The minimum Gasteiger partial charge on any atom is -0.347 e. The fourth-order valence-electron chi connectivity index (χ4n) is 1.80. The molecule has 0 fully saturated rings. The van der Waals surface area contributed by atoms with Gasteiger partial charge in [-0.2, -0.15) is 0 Å². The number of rotatable bonds is 3. The molecule has 7 heteroatoms. The van der Waals surface area contributed by atoms with Gasteiger partial charge >= 0.3 is 0 Å². The third-order valence-electron chi connectivity index (χ3n) is 3.42. The fraction of sp³-hybridized carbons (Fsp3) is 0.538. The van der Waals surface area contributed by atoms with E-state index < -0.39 is 10.0 Å². The van der Waals surface area contributed by atoms with Crippen LogP contribution in [0.15, 0.2) is 28.3 Å². The molecule has 1 amide bonds. The molecule has 0 saturated carbocycles. The summed E-state index contributed by atoms with van der Waals surface area (Å²) in [5.41, 5.74) is 0.232. The van der Waals surface area contributed by atoms with Crippen LogP contribution in [0.4, 0.5) is 0 Å². The van der Waals surface area contributed by atoms with Gasteiger partial charge in [0.1, 0.15) is 5.84 Å². The third-order valence-corrected chi connectivity index (χ3v) is 4.59. The molecule has 0 radical (unpaired) electrons. The molecule has 0 atom stereocenters. The summed E-state index contributed by atoms with van der Waals surface area (Å²) in [5, 5.41) is 2.94. The second kappa shape index (κ2) is 5.05. The predicted octanol–water partition coefficient (Wildman–Crippen LogP) is 0.789. The summed E-state index contributed by atoms with van der Waals surface area (Å²) in [5.74, 6) is 0.166. The van der Waals surface area contributed by atoms with E-state index in [1.54, 1.807) is 23.3 Å². The Labute approximate surface area is 119 Å². The van der Waals surface area contributed by atoms with E-state index in [0.717, 1.165) is 6.42 Å². The average Bonchev–Trinajstić information content (AvgIpc) is 2.36. The molecule has 0 unspecified atom stereocenters. The second-order valence-corrected chi connectivity index (χ2v) is 7.29. The van der Waals surface area contributed by atoms with Gasteiger partial charge in [0.2, 0.25) is 0 Å². The maximum absolute atomic E-state index is 12.2. The van der Waals surface area contributed by atoms with Crippen LogP contribution in [0.2, 0.25) is 0 Å². The first-order valence-corrected chi connectivity index (χ1v) is 8.15. The minimum atomic E-state index is -3.36. The number of sulfonamides is 1. The van der Waals surface area contributed by atoms with Crippen LogP contribution in [-0.2, 0) is 14.8 Å². The number of hydrogen-bond donors (Lipinski definition) is 1. The van der Waals surface area contributed by atoms with Crippen molar-refractivity contribution in [2.24, 2.45) is 4.40 Å². The van der Waals surface area contributed by atoms with Crippen LogP contribution in [0.3, 0.4) is 0 Å². The van der Waals surface area contributed by atoms with Gasteiger partial charge in [-0.3, -0.25) is 4.79 Å². The van der Waals surface area contributed by atoms with Gasteiger partial charge in [-0.25, -0.2) is 8.42 Å². The Morgan fingerprint density at radius 3 is 2.80 bits per heavy atom. The van der Waals surface area contributed by atoms with E-state index in [1.165, 1.54) is 0 Å². The van der Waals surface area contributed by atoms with Crippen LogP contribution < -0.4 is 5.32 Å². The molecule has 2 aliphatic rings. The molecule has 110 valence electrons. The Morgan fingerprint density at radius 1 is 1.45 bits per heavy atom. The minimum absolute atomic E-state index is 0.0316. The van der Waals surface area contributed by atoms with Gasteiger partial charge in [-0.1, -0.05) is 6.92 Å². The van der Waals surface area contributed by atoms with E-state index in [4.69, 9.17) is 0 Å². The van der Waals surface area contributed by atoms with Crippen LogP contribution in [-0.4, -0.2) is 42.9 Å². The molecular formula is C13H19N3O3S. The van der Waals surface area contributed by atoms with E-state index >= 15 is 0 Å². The molecule has 0 spiro atoms. The summed E-state index contributed by atoms with van der Waals surface area (Å²) in [7, 11) is -3.36. The number of amides is 1. The fourth-order valence-corrected chi connectivity index (χ4v) is 2.77. The van der Waals surface area contributed by atoms with Crippen molar-refractivity contribution in [3.63, 3.8) is 0 Å². The van der Waals surface area contributed by atoms with Crippen molar-refractivity contribution in [2.45, 2.75) is 32.7 Å². The molecule has 2 aliphatic heterocycles. The van der Waals surface area contributed by atoms with Crippen molar-refractivity contribution in [3.05, 3.63) is 23.9 Å². The van der Waals surface area contributed by atoms with E-state index in [0.29, 0.717) is 18.0 Å². The number of hydrogen-bond acceptors (Lipinski definition) is 4. The lowest BCUT2D eigenvalue weighted by atomic mass is 10.0. The maximum atomic E-state index is 12.2. The van der Waals surface area contributed by atoms with Gasteiger partial charge in [-0.15, -0.1) is 4.40 Å². The number of amidine groups is 1. The number of carbonyl (C=O) groups excluding carboxylic acids is 1. The van der Waals surface area contributed by atoms with Crippen LogP contribution in [0.1, 0.15) is 27.2 Å².